The third-order valence-electron chi connectivity index (χ3n) is 4.12. The van der Waals surface area contributed by atoms with Gasteiger partial charge in [-0.2, -0.15) is 0 Å². The van der Waals surface area contributed by atoms with Crippen LogP contribution in [-0.4, -0.2) is 12.3 Å². The van der Waals surface area contributed by atoms with Gasteiger partial charge < -0.3 is 4.74 Å². The normalized spacial score (nSPS) is 15.2. The Labute approximate surface area is 163 Å². The van der Waals surface area contributed by atoms with E-state index >= 15 is 0 Å². The molecule has 5 heteroatoms. The summed E-state index contributed by atoms with van der Waals surface area (Å²) in [7, 11) is 1.67. The zero-order chi connectivity index (χ0) is 18.5. The monoisotopic (exact) mass is 373 g/mol. The number of thioether (sulfide) groups is 1. The van der Waals surface area contributed by atoms with Gasteiger partial charge in [0.05, 0.1) is 18.5 Å². The molecule has 0 bridgehead atoms. The van der Waals surface area contributed by atoms with Crippen molar-refractivity contribution in [3.05, 3.63) is 96.1 Å². The number of amidine groups is 1. The van der Waals surface area contributed by atoms with Crippen LogP contribution in [0.4, 0.5) is 5.69 Å². The van der Waals surface area contributed by atoms with E-state index in [0.29, 0.717) is 0 Å². The Morgan fingerprint density at radius 3 is 2.07 bits per heavy atom. The minimum absolute atomic E-state index is 0.803. The van der Waals surface area contributed by atoms with Crippen molar-refractivity contribution in [1.82, 2.24) is 10.9 Å². The SMILES string of the molecule is COc1ccc(C2=C(c3ccccc3)SC(=Nc3ccccc3)NN2)cc1. The van der Waals surface area contributed by atoms with E-state index in [1.54, 1.807) is 18.9 Å². The molecule has 1 aliphatic heterocycles. The molecule has 0 amide bonds. The van der Waals surface area contributed by atoms with Gasteiger partial charge in [0.15, 0.2) is 5.17 Å². The van der Waals surface area contributed by atoms with Crippen LogP contribution < -0.4 is 15.6 Å². The van der Waals surface area contributed by atoms with Crippen LogP contribution in [0.15, 0.2) is 89.9 Å². The Kier molecular flexibility index (Phi) is 5.12. The first kappa shape index (κ1) is 17.2. The van der Waals surface area contributed by atoms with Crippen molar-refractivity contribution < 1.29 is 4.74 Å². The minimum Gasteiger partial charge on any atom is -0.497 e. The summed E-state index contributed by atoms with van der Waals surface area (Å²) in [5, 5.41) is 0.803. The van der Waals surface area contributed by atoms with Gasteiger partial charge >= 0.3 is 0 Å². The number of hydrogen-bond acceptors (Lipinski definition) is 4. The maximum absolute atomic E-state index is 5.28. The molecule has 3 aromatic rings. The van der Waals surface area contributed by atoms with Crippen molar-refractivity contribution in [2.75, 3.05) is 7.11 Å². The number of methoxy groups -OCH3 is 1. The molecule has 2 N–H and O–H groups in total. The largest absolute Gasteiger partial charge is 0.497 e. The van der Waals surface area contributed by atoms with E-state index in [0.717, 1.165) is 38.3 Å². The summed E-state index contributed by atoms with van der Waals surface area (Å²) in [4.78, 5) is 5.82. The van der Waals surface area contributed by atoms with Gasteiger partial charge in [0, 0.05) is 10.5 Å². The molecule has 0 atom stereocenters. The van der Waals surface area contributed by atoms with Gasteiger partial charge in [-0.05, 0) is 53.7 Å². The average Bonchev–Trinajstić information content (AvgIpc) is 2.75. The molecule has 134 valence electrons. The molecule has 0 radical (unpaired) electrons. The van der Waals surface area contributed by atoms with E-state index in [4.69, 9.17) is 9.73 Å². The summed E-state index contributed by atoms with van der Waals surface area (Å²) in [6.07, 6.45) is 0. The molecule has 0 aromatic heterocycles. The Balaban J connectivity index is 1.74. The molecule has 0 aliphatic carbocycles. The Morgan fingerprint density at radius 2 is 1.41 bits per heavy atom. The number of ether oxygens (including phenoxy) is 1. The van der Waals surface area contributed by atoms with Crippen molar-refractivity contribution in [3.8, 4) is 5.75 Å². The second-order valence-electron chi connectivity index (χ2n) is 5.90. The molecule has 0 spiro atoms. The zero-order valence-corrected chi connectivity index (χ0v) is 15.7. The second-order valence-corrected chi connectivity index (χ2v) is 6.90. The Morgan fingerprint density at radius 1 is 0.741 bits per heavy atom. The van der Waals surface area contributed by atoms with Gasteiger partial charge in [0.2, 0.25) is 0 Å². The molecule has 1 aliphatic rings. The van der Waals surface area contributed by atoms with Crippen LogP contribution in [-0.2, 0) is 0 Å². The molecule has 4 rings (SSSR count). The van der Waals surface area contributed by atoms with Crippen molar-refractivity contribution in [2.45, 2.75) is 0 Å². The highest BCUT2D eigenvalue weighted by atomic mass is 32.2. The van der Waals surface area contributed by atoms with E-state index in [2.05, 4.69) is 23.0 Å². The minimum atomic E-state index is 0.803. The number of benzene rings is 3. The number of para-hydroxylation sites is 1. The van der Waals surface area contributed by atoms with Crippen molar-refractivity contribution in [3.63, 3.8) is 0 Å². The van der Waals surface area contributed by atoms with E-state index in [9.17, 15) is 0 Å². The van der Waals surface area contributed by atoms with Crippen LogP contribution in [0.2, 0.25) is 0 Å². The standard InChI is InChI=1S/C22H19N3OS/c1-26-19-14-12-16(13-15-19)20-21(17-8-4-2-5-9-17)27-22(25-24-20)23-18-10-6-3-7-11-18/h2-15,24H,1H3,(H,23,25). The van der Waals surface area contributed by atoms with Crippen LogP contribution >= 0.6 is 11.8 Å². The maximum atomic E-state index is 5.28. The first-order valence-electron chi connectivity index (χ1n) is 8.61. The van der Waals surface area contributed by atoms with Crippen LogP contribution in [0.1, 0.15) is 11.1 Å². The summed E-state index contributed by atoms with van der Waals surface area (Å²) < 4.78 is 5.28. The number of aliphatic imine (C=N–C) groups is 1. The summed E-state index contributed by atoms with van der Waals surface area (Å²) in [5.41, 5.74) is 10.7. The maximum Gasteiger partial charge on any atom is 0.185 e. The molecule has 4 nitrogen and oxygen atoms in total. The van der Waals surface area contributed by atoms with Crippen molar-refractivity contribution >= 4 is 33.2 Å². The number of nitrogens with one attached hydrogen (secondary N) is 2. The number of nitrogens with zero attached hydrogens (tertiary/aromatic N) is 1. The van der Waals surface area contributed by atoms with E-state index in [1.165, 1.54) is 0 Å². The smallest absolute Gasteiger partial charge is 0.185 e. The molecule has 0 fully saturated rings. The fourth-order valence-corrected chi connectivity index (χ4v) is 3.74. The van der Waals surface area contributed by atoms with Gasteiger partial charge in [0.1, 0.15) is 5.75 Å². The molecule has 1 heterocycles. The second kappa shape index (κ2) is 8.01. The Bertz CT molecular complexity index is 967. The summed E-state index contributed by atoms with van der Waals surface area (Å²) in [5.74, 6) is 0.836. The van der Waals surface area contributed by atoms with Crippen molar-refractivity contribution in [2.24, 2.45) is 4.99 Å². The third-order valence-corrected chi connectivity index (χ3v) is 5.15. The molecule has 0 saturated heterocycles. The van der Waals surface area contributed by atoms with Gasteiger partial charge in [0.25, 0.3) is 0 Å². The molecular weight excluding hydrogens is 354 g/mol. The van der Waals surface area contributed by atoms with E-state index in [-0.39, 0.29) is 0 Å². The van der Waals surface area contributed by atoms with Gasteiger partial charge in [-0.15, -0.1) is 0 Å². The Hall–Kier alpha value is -3.18. The lowest BCUT2D eigenvalue weighted by molar-refractivity contribution is 0.415. The predicted molar refractivity (Wildman–Crippen MR) is 114 cm³/mol. The number of hydrogen-bond donors (Lipinski definition) is 2. The third kappa shape index (κ3) is 3.99. The van der Waals surface area contributed by atoms with Crippen LogP contribution in [0.25, 0.3) is 10.6 Å². The van der Waals surface area contributed by atoms with Crippen LogP contribution in [0.3, 0.4) is 0 Å². The summed E-state index contributed by atoms with van der Waals surface area (Å²) >= 11 is 1.62. The van der Waals surface area contributed by atoms with Gasteiger partial charge in [-0.1, -0.05) is 48.5 Å². The van der Waals surface area contributed by atoms with Gasteiger partial charge in [-0.3, -0.25) is 10.9 Å². The van der Waals surface area contributed by atoms with E-state index in [1.807, 2.05) is 72.8 Å². The molecule has 0 unspecified atom stereocenters. The highest BCUT2D eigenvalue weighted by Gasteiger charge is 2.20. The fourth-order valence-electron chi connectivity index (χ4n) is 2.77. The molecular formula is C22H19N3OS. The lowest BCUT2D eigenvalue weighted by Crippen LogP contribution is -2.38. The lowest BCUT2D eigenvalue weighted by Gasteiger charge is -2.25. The summed E-state index contributed by atoms with van der Waals surface area (Å²) in [6.45, 7) is 0. The first-order valence-corrected chi connectivity index (χ1v) is 9.43. The zero-order valence-electron chi connectivity index (χ0n) is 14.8. The van der Waals surface area contributed by atoms with Gasteiger partial charge in [-0.25, -0.2) is 4.99 Å². The average molecular weight is 373 g/mol. The lowest BCUT2D eigenvalue weighted by atomic mass is 10.1. The summed E-state index contributed by atoms with van der Waals surface area (Å²) in [6, 6.07) is 28.3. The highest BCUT2D eigenvalue weighted by molar-refractivity contribution is 8.21. The number of hydrazine groups is 1. The number of rotatable bonds is 4. The highest BCUT2D eigenvalue weighted by Crippen LogP contribution is 2.37. The topological polar surface area (TPSA) is 45.6 Å². The molecule has 3 aromatic carbocycles. The predicted octanol–water partition coefficient (Wildman–Crippen LogP) is 5.05. The van der Waals surface area contributed by atoms with E-state index < -0.39 is 0 Å². The van der Waals surface area contributed by atoms with Crippen LogP contribution in [0.5, 0.6) is 5.75 Å². The fraction of sp³-hybridized carbons (Fsp3) is 0.0455. The van der Waals surface area contributed by atoms with Crippen LogP contribution in [0, 0.1) is 0 Å². The van der Waals surface area contributed by atoms with Crippen molar-refractivity contribution in [1.29, 1.82) is 0 Å². The molecule has 27 heavy (non-hydrogen) atoms. The molecule has 0 saturated carbocycles. The quantitative estimate of drug-likeness (QED) is 0.672. The first-order chi connectivity index (χ1) is 13.3.